The summed E-state index contributed by atoms with van der Waals surface area (Å²) in [5.74, 6) is 0.967. The number of hydrogen-bond acceptors (Lipinski definition) is 11. The zero-order chi connectivity index (χ0) is 41.5. The monoisotopic (exact) mass is 1000 g/mol. The molecule has 6 rings (SSSR count). The van der Waals surface area contributed by atoms with Crippen LogP contribution in [0.1, 0.15) is 54.4 Å². The maximum Gasteiger partial charge on any atom is 0.115 e. The predicted octanol–water partition coefficient (Wildman–Crippen LogP) is 11.9. The molecule has 14 heteroatoms. The average molecular weight is 1000 g/mol. The highest BCUT2D eigenvalue weighted by atomic mass is 79.9. The third kappa shape index (κ3) is 29.0. The molecule has 0 unspecified atom stereocenters. The van der Waals surface area contributed by atoms with E-state index in [4.69, 9.17) is 45.5 Å². The second-order valence-electron chi connectivity index (χ2n) is 13.5. The van der Waals surface area contributed by atoms with Crippen LogP contribution in [-0.2, 0) is 14.2 Å². The van der Waals surface area contributed by atoms with E-state index in [1.54, 1.807) is 97.1 Å². The zero-order valence-corrected chi connectivity index (χ0v) is 37.0. The molecular weight excluding hydrogens is 938 g/mol. The fourth-order valence-electron chi connectivity index (χ4n) is 3.94. The number of nitrogens with zero attached hydrogens (tertiary/aromatic N) is 2. The third-order valence-electron chi connectivity index (χ3n) is 7.45. The van der Waals surface area contributed by atoms with Crippen molar-refractivity contribution in [1.29, 1.82) is 0 Å². The third-order valence-corrected chi connectivity index (χ3v) is 9.14. The molecule has 2 saturated heterocycles. The molecule has 0 radical (unpaired) electrons. The van der Waals surface area contributed by atoms with Crippen LogP contribution in [-0.4, -0.2) is 87.8 Å². The minimum atomic E-state index is 0. The molecule has 2 heterocycles. The molecule has 58 heavy (non-hydrogen) atoms. The molecule has 4 aromatic rings. The first-order valence-electron chi connectivity index (χ1n) is 18.2. The van der Waals surface area contributed by atoms with Gasteiger partial charge in [0.1, 0.15) is 23.0 Å². The van der Waals surface area contributed by atoms with Gasteiger partial charge in [-0.25, -0.2) is 0 Å². The first-order chi connectivity index (χ1) is 26.9. The number of anilines is 1. The van der Waals surface area contributed by atoms with Gasteiger partial charge in [-0.1, -0.05) is 94.7 Å². The van der Waals surface area contributed by atoms with E-state index in [1.165, 1.54) is 19.3 Å². The topological polar surface area (TPSA) is 180 Å². The van der Waals surface area contributed by atoms with Crippen molar-refractivity contribution < 1.29 is 39.7 Å². The van der Waals surface area contributed by atoms with Crippen molar-refractivity contribution in [1.82, 2.24) is 0 Å². The summed E-state index contributed by atoms with van der Waals surface area (Å²) >= 11 is 10.0. The summed E-state index contributed by atoms with van der Waals surface area (Å²) in [4.78, 5) is 0. The molecule has 326 valence electrons. The fraction of sp³-hybridized carbons (Fsp3) is 0.455. The lowest BCUT2D eigenvalue weighted by Gasteiger charge is -2.37. The molecule has 0 aliphatic carbocycles. The minimum absolute atomic E-state index is 0. The highest BCUT2D eigenvalue weighted by molar-refractivity contribution is 9.09. The summed E-state index contributed by atoms with van der Waals surface area (Å²) < 4.78 is 15.5. The molecule has 0 amide bonds. The van der Waals surface area contributed by atoms with Crippen LogP contribution in [0.15, 0.2) is 113 Å². The lowest BCUT2D eigenvalue weighted by Crippen LogP contribution is -2.43. The van der Waals surface area contributed by atoms with Crippen molar-refractivity contribution in [2.45, 2.75) is 54.4 Å². The van der Waals surface area contributed by atoms with E-state index in [-0.39, 0.29) is 44.1 Å². The van der Waals surface area contributed by atoms with Crippen molar-refractivity contribution in [2.75, 3.05) is 68.0 Å². The number of halogens is 3. The summed E-state index contributed by atoms with van der Waals surface area (Å²) in [6, 6.07) is 28.0. The van der Waals surface area contributed by atoms with E-state index in [0.29, 0.717) is 28.2 Å². The van der Waals surface area contributed by atoms with Gasteiger partial charge in [0.05, 0.1) is 51.0 Å². The van der Waals surface area contributed by atoms with Crippen molar-refractivity contribution in [3.05, 3.63) is 103 Å². The largest absolute Gasteiger partial charge is 0.508 e. The number of hydrogen-bond donors (Lipinski definition) is 6. The molecule has 0 saturated carbocycles. The molecule has 2 aliphatic heterocycles. The first kappa shape index (κ1) is 56.9. The Balaban J connectivity index is 0. The number of aromatic hydroxyl groups is 4. The van der Waals surface area contributed by atoms with Crippen LogP contribution in [0.2, 0.25) is 0 Å². The zero-order valence-electron chi connectivity index (χ0n) is 32.3. The smallest absolute Gasteiger partial charge is 0.115 e. The molecular formula is C44H66Br3N3O8. The highest BCUT2D eigenvalue weighted by Crippen LogP contribution is 2.27. The van der Waals surface area contributed by atoms with E-state index >= 15 is 0 Å². The van der Waals surface area contributed by atoms with Gasteiger partial charge >= 0.3 is 0 Å². The Bertz CT molecular complexity index is 1470. The van der Waals surface area contributed by atoms with Crippen LogP contribution in [0.5, 0.6) is 23.0 Å². The quantitative estimate of drug-likeness (QED) is 0.0265. The SMILES string of the molecule is BrCCCCBr.C.C.CC1(CO)COC1.CC1(COCCCCBr)COC1.Nc1ccc(O)cc1.Oc1ccc(N=Nc2ccc(O)cc2)cc1.Oc1ccccc1. The molecule has 2 aliphatic rings. The predicted molar refractivity (Wildman–Crippen MR) is 250 cm³/mol. The fourth-order valence-corrected chi connectivity index (χ4v) is 5.13. The summed E-state index contributed by atoms with van der Waals surface area (Å²) in [5.41, 5.74) is 7.71. The number of aliphatic hydroxyl groups is 1. The van der Waals surface area contributed by atoms with Gasteiger partial charge < -0.3 is 45.5 Å². The maximum absolute atomic E-state index is 9.07. The van der Waals surface area contributed by atoms with Gasteiger partial charge in [-0.05, 0) is 111 Å². The van der Waals surface area contributed by atoms with Gasteiger partial charge in [-0.15, -0.1) is 0 Å². The number of rotatable bonds is 12. The number of unbranched alkanes of at least 4 members (excludes halogenated alkanes) is 2. The summed E-state index contributed by atoms with van der Waals surface area (Å²) in [5, 5.41) is 55.4. The number of nitrogens with two attached hydrogens (primary N) is 1. The van der Waals surface area contributed by atoms with Crippen LogP contribution in [0.3, 0.4) is 0 Å². The van der Waals surface area contributed by atoms with Crippen LogP contribution in [0, 0.1) is 10.8 Å². The van der Waals surface area contributed by atoms with Crippen molar-refractivity contribution in [3.8, 4) is 23.0 Å². The lowest BCUT2D eigenvalue weighted by atomic mass is 9.90. The van der Waals surface area contributed by atoms with Gasteiger partial charge in [0, 0.05) is 39.1 Å². The number of phenolic OH excluding ortho intramolecular Hbond substituents is 4. The molecule has 0 atom stereocenters. The minimum Gasteiger partial charge on any atom is -0.508 e. The summed E-state index contributed by atoms with van der Waals surface area (Å²) in [6.45, 7) is 9.41. The highest BCUT2D eigenvalue weighted by Gasteiger charge is 2.33. The second-order valence-corrected chi connectivity index (χ2v) is 15.8. The van der Waals surface area contributed by atoms with E-state index in [1.807, 2.05) is 13.0 Å². The average Bonchev–Trinajstić information content (AvgIpc) is 3.18. The Hall–Kier alpha value is -3.24. The van der Waals surface area contributed by atoms with Crippen LogP contribution in [0.25, 0.3) is 0 Å². The summed E-state index contributed by atoms with van der Waals surface area (Å²) in [6.07, 6.45) is 4.92. The Kier molecular flexibility index (Phi) is 33.9. The lowest BCUT2D eigenvalue weighted by molar-refractivity contribution is -0.137. The van der Waals surface area contributed by atoms with Crippen molar-refractivity contribution in [3.63, 3.8) is 0 Å². The molecule has 0 bridgehead atoms. The maximum atomic E-state index is 9.07. The number of aliphatic hydroxyl groups excluding tert-OH is 1. The number of para-hydroxylation sites is 1. The number of alkyl halides is 3. The van der Waals surface area contributed by atoms with E-state index in [9.17, 15) is 0 Å². The normalized spacial score (nSPS) is 13.6. The Labute approximate surface area is 372 Å². The van der Waals surface area contributed by atoms with E-state index in [0.717, 1.165) is 62.1 Å². The van der Waals surface area contributed by atoms with Crippen LogP contribution < -0.4 is 5.73 Å². The molecule has 0 spiro atoms. The first-order valence-corrected chi connectivity index (χ1v) is 21.5. The number of phenols is 4. The van der Waals surface area contributed by atoms with Crippen LogP contribution in [0.4, 0.5) is 17.1 Å². The van der Waals surface area contributed by atoms with Gasteiger partial charge in [0.25, 0.3) is 0 Å². The van der Waals surface area contributed by atoms with Crippen molar-refractivity contribution in [2.24, 2.45) is 21.1 Å². The molecule has 4 aromatic carbocycles. The molecule has 2 fully saturated rings. The van der Waals surface area contributed by atoms with Gasteiger partial charge in [0.15, 0.2) is 0 Å². The molecule has 0 aromatic heterocycles. The number of benzene rings is 4. The number of nitrogen functional groups attached to an aromatic ring is 1. The van der Waals surface area contributed by atoms with Crippen LogP contribution >= 0.6 is 47.8 Å². The van der Waals surface area contributed by atoms with Gasteiger partial charge in [-0.2, -0.15) is 10.2 Å². The molecule has 7 N–H and O–H groups in total. The number of ether oxygens (including phenoxy) is 3. The van der Waals surface area contributed by atoms with E-state index in [2.05, 4.69) is 64.9 Å². The Morgan fingerprint density at radius 2 is 0.931 bits per heavy atom. The van der Waals surface area contributed by atoms with E-state index < -0.39 is 0 Å². The number of azo groups is 1. The Morgan fingerprint density at radius 1 is 0.569 bits per heavy atom. The second kappa shape index (κ2) is 34.6. The van der Waals surface area contributed by atoms with Crippen molar-refractivity contribution >= 4 is 64.9 Å². The van der Waals surface area contributed by atoms with Gasteiger partial charge in [0.2, 0.25) is 0 Å². The van der Waals surface area contributed by atoms with Gasteiger partial charge in [-0.3, -0.25) is 0 Å². The standard InChI is InChI=1S/C12H10N2O2.C9H17BrO2.C6H7NO.C6H6O.C5H10O2.C4H8Br2.2CH4/c15-11-5-1-9(2-6-11)13-14-10-3-7-12(16)8-4-10;1-9(7-12-8-9)6-11-5-3-2-4-10;7-5-1-3-6(8)4-2-5;7-6-4-2-1-3-5-6;1-5(2-6)3-7-4-5;5-3-1-2-4-6;;/h1-8,15-16H;2-8H2,1H3;1-4,8H,7H2;1-5,7H;6H,2-4H2,1H3;1-4H2;2*1H4. The summed E-state index contributed by atoms with van der Waals surface area (Å²) in [7, 11) is 0. The Morgan fingerprint density at radius 3 is 1.21 bits per heavy atom. The molecule has 11 nitrogen and oxygen atoms in total.